The molecule has 0 atom stereocenters. The Balaban J connectivity index is 2.48. The van der Waals surface area contributed by atoms with Crippen LogP contribution in [0.5, 0.6) is 0 Å². The number of pyridine rings is 1. The maximum Gasteiger partial charge on any atom is 0.323 e. The average molecular weight is 251 g/mol. The fourth-order valence-corrected chi connectivity index (χ4v) is 1.48. The van der Waals surface area contributed by atoms with E-state index in [4.69, 9.17) is 5.11 Å². The summed E-state index contributed by atoms with van der Waals surface area (Å²) >= 11 is 0. The van der Waals surface area contributed by atoms with E-state index in [1.54, 1.807) is 18.5 Å². The summed E-state index contributed by atoms with van der Waals surface area (Å²) in [6, 6.07) is 3.25. The molecule has 1 rings (SSSR count). The molecule has 2 N–H and O–H groups in total. The number of nitrogens with zero attached hydrogens (tertiary/aromatic N) is 2. The summed E-state index contributed by atoms with van der Waals surface area (Å²) in [6.45, 7) is 2.37. The van der Waals surface area contributed by atoms with E-state index in [0.29, 0.717) is 19.5 Å². The Kier molecular flexibility index (Phi) is 5.63. The van der Waals surface area contributed by atoms with Crippen molar-refractivity contribution in [2.45, 2.75) is 19.9 Å². The number of carbonyl (C=O) groups is 2. The lowest BCUT2D eigenvalue weighted by molar-refractivity contribution is -0.137. The number of carbonyl (C=O) groups excluding carboxylic acids is 1. The zero-order valence-corrected chi connectivity index (χ0v) is 10.3. The molecule has 0 fully saturated rings. The van der Waals surface area contributed by atoms with Gasteiger partial charge in [0.25, 0.3) is 0 Å². The van der Waals surface area contributed by atoms with Gasteiger partial charge in [-0.2, -0.15) is 0 Å². The Morgan fingerprint density at radius 2 is 2.28 bits per heavy atom. The predicted octanol–water partition coefficient (Wildman–Crippen LogP) is 1.09. The number of urea groups is 1. The molecular formula is C12H17N3O3. The summed E-state index contributed by atoms with van der Waals surface area (Å²) < 4.78 is 0. The molecular weight excluding hydrogens is 234 g/mol. The van der Waals surface area contributed by atoms with E-state index in [2.05, 4.69) is 10.3 Å². The van der Waals surface area contributed by atoms with E-state index in [-0.39, 0.29) is 12.6 Å². The van der Waals surface area contributed by atoms with Gasteiger partial charge in [-0.05, 0) is 18.1 Å². The predicted molar refractivity (Wildman–Crippen MR) is 66.0 cm³/mol. The molecule has 0 radical (unpaired) electrons. The van der Waals surface area contributed by atoms with E-state index in [1.807, 2.05) is 13.0 Å². The highest BCUT2D eigenvalue weighted by atomic mass is 16.4. The summed E-state index contributed by atoms with van der Waals surface area (Å²) in [5.41, 5.74) is 0.873. The largest absolute Gasteiger partial charge is 0.480 e. The van der Waals surface area contributed by atoms with Crippen molar-refractivity contribution >= 4 is 12.0 Å². The number of carboxylic acid groups (broad SMARTS) is 1. The first-order valence-electron chi connectivity index (χ1n) is 5.77. The minimum absolute atomic E-state index is 0.285. The third kappa shape index (κ3) is 4.82. The number of amides is 2. The summed E-state index contributed by atoms with van der Waals surface area (Å²) in [7, 11) is 0. The van der Waals surface area contributed by atoms with Crippen molar-refractivity contribution in [3.63, 3.8) is 0 Å². The number of hydrogen-bond acceptors (Lipinski definition) is 3. The van der Waals surface area contributed by atoms with Gasteiger partial charge in [0, 0.05) is 25.5 Å². The maximum atomic E-state index is 11.8. The molecule has 1 heterocycles. The van der Waals surface area contributed by atoms with Gasteiger partial charge in [0.15, 0.2) is 0 Å². The van der Waals surface area contributed by atoms with Crippen LogP contribution in [-0.2, 0) is 11.3 Å². The molecule has 0 aliphatic rings. The highest BCUT2D eigenvalue weighted by Gasteiger charge is 2.15. The van der Waals surface area contributed by atoms with Gasteiger partial charge < -0.3 is 15.3 Å². The topological polar surface area (TPSA) is 82.5 Å². The highest BCUT2D eigenvalue weighted by Crippen LogP contribution is 1.97. The van der Waals surface area contributed by atoms with Crippen LogP contribution in [0.2, 0.25) is 0 Å². The molecule has 0 unspecified atom stereocenters. The second-order valence-corrected chi connectivity index (χ2v) is 3.84. The van der Waals surface area contributed by atoms with Crippen LogP contribution in [0.1, 0.15) is 18.9 Å². The summed E-state index contributed by atoms with van der Waals surface area (Å²) in [4.78, 5) is 27.6. The van der Waals surface area contributed by atoms with E-state index >= 15 is 0 Å². The molecule has 0 aliphatic carbocycles. The monoisotopic (exact) mass is 251 g/mol. The van der Waals surface area contributed by atoms with Crippen molar-refractivity contribution in [2.24, 2.45) is 0 Å². The first kappa shape index (κ1) is 14.0. The van der Waals surface area contributed by atoms with Crippen molar-refractivity contribution in [1.29, 1.82) is 0 Å². The molecule has 0 saturated carbocycles. The van der Waals surface area contributed by atoms with Crippen LogP contribution in [-0.4, -0.2) is 40.1 Å². The quantitative estimate of drug-likeness (QED) is 0.792. The lowest BCUT2D eigenvalue weighted by Crippen LogP contribution is -2.42. The Bertz CT molecular complexity index is 395. The Morgan fingerprint density at radius 1 is 1.50 bits per heavy atom. The van der Waals surface area contributed by atoms with Gasteiger partial charge >= 0.3 is 12.0 Å². The molecule has 1 aromatic rings. The number of nitrogens with one attached hydrogen (secondary N) is 1. The normalized spacial score (nSPS) is 9.83. The molecule has 98 valence electrons. The number of carboxylic acids is 1. The Labute approximate surface area is 106 Å². The van der Waals surface area contributed by atoms with Crippen LogP contribution in [0.3, 0.4) is 0 Å². The third-order valence-electron chi connectivity index (χ3n) is 2.27. The Hall–Kier alpha value is -2.11. The number of aromatic nitrogens is 1. The average Bonchev–Trinajstić information content (AvgIpc) is 2.36. The maximum absolute atomic E-state index is 11.8. The van der Waals surface area contributed by atoms with Gasteiger partial charge in [0.05, 0.1) is 0 Å². The van der Waals surface area contributed by atoms with Crippen molar-refractivity contribution in [2.75, 3.05) is 13.1 Å². The van der Waals surface area contributed by atoms with Gasteiger partial charge in [-0.1, -0.05) is 13.0 Å². The van der Waals surface area contributed by atoms with Crippen LogP contribution in [0.15, 0.2) is 24.5 Å². The molecule has 0 bridgehead atoms. The molecule has 2 amide bonds. The summed E-state index contributed by atoms with van der Waals surface area (Å²) in [5.74, 6) is -1.01. The van der Waals surface area contributed by atoms with Gasteiger partial charge in [0.2, 0.25) is 0 Å². The van der Waals surface area contributed by atoms with Crippen molar-refractivity contribution < 1.29 is 14.7 Å². The molecule has 18 heavy (non-hydrogen) atoms. The first-order valence-corrected chi connectivity index (χ1v) is 5.77. The fourth-order valence-electron chi connectivity index (χ4n) is 1.48. The van der Waals surface area contributed by atoms with Gasteiger partial charge in [-0.15, -0.1) is 0 Å². The van der Waals surface area contributed by atoms with Gasteiger partial charge in [-0.25, -0.2) is 4.79 Å². The molecule has 1 aromatic heterocycles. The number of aliphatic carboxylic acids is 1. The first-order chi connectivity index (χ1) is 8.63. The number of rotatable bonds is 6. The summed E-state index contributed by atoms with van der Waals surface area (Å²) in [5, 5.41) is 11.4. The van der Waals surface area contributed by atoms with E-state index in [1.165, 1.54) is 4.90 Å². The van der Waals surface area contributed by atoms with Crippen LogP contribution in [0.4, 0.5) is 4.79 Å². The fraction of sp³-hybridized carbons (Fsp3) is 0.417. The smallest absolute Gasteiger partial charge is 0.323 e. The second kappa shape index (κ2) is 7.26. The minimum atomic E-state index is -1.01. The van der Waals surface area contributed by atoms with Crippen molar-refractivity contribution in [3.8, 4) is 0 Å². The molecule has 0 aromatic carbocycles. The highest BCUT2D eigenvalue weighted by molar-refractivity contribution is 5.80. The zero-order valence-electron chi connectivity index (χ0n) is 10.3. The molecule has 6 heteroatoms. The van der Waals surface area contributed by atoms with Crippen molar-refractivity contribution in [3.05, 3.63) is 30.1 Å². The van der Waals surface area contributed by atoms with Crippen LogP contribution in [0.25, 0.3) is 0 Å². The van der Waals surface area contributed by atoms with E-state index in [9.17, 15) is 9.59 Å². The van der Waals surface area contributed by atoms with Crippen LogP contribution >= 0.6 is 0 Å². The van der Waals surface area contributed by atoms with Crippen molar-refractivity contribution in [1.82, 2.24) is 15.2 Å². The molecule has 0 spiro atoms. The zero-order chi connectivity index (χ0) is 13.4. The number of hydrogen-bond donors (Lipinski definition) is 2. The summed E-state index contributed by atoms with van der Waals surface area (Å²) in [6.07, 6.45) is 4.02. The van der Waals surface area contributed by atoms with E-state index in [0.717, 1.165) is 5.56 Å². The van der Waals surface area contributed by atoms with Crippen LogP contribution < -0.4 is 5.32 Å². The lowest BCUT2D eigenvalue weighted by atomic mass is 10.3. The second-order valence-electron chi connectivity index (χ2n) is 3.84. The molecule has 0 saturated heterocycles. The molecule has 6 nitrogen and oxygen atoms in total. The SMILES string of the molecule is CCCN(CC(=O)O)C(=O)NCc1cccnc1. The standard InChI is InChI=1S/C12H17N3O3/c1-2-6-15(9-11(16)17)12(18)14-8-10-4-3-5-13-7-10/h3-5,7H,2,6,8-9H2,1H3,(H,14,18)(H,16,17). The van der Waals surface area contributed by atoms with Crippen LogP contribution in [0, 0.1) is 0 Å². The lowest BCUT2D eigenvalue weighted by Gasteiger charge is -2.20. The molecule has 0 aliphatic heterocycles. The minimum Gasteiger partial charge on any atom is -0.480 e. The van der Waals surface area contributed by atoms with E-state index < -0.39 is 5.97 Å². The van der Waals surface area contributed by atoms with Gasteiger partial charge in [0.1, 0.15) is 6.54 Å². The Morgan fingerprint density at radius 3 is 2.83 bits per heavy atom. The third-order valence-corrected chi connectivity index (χ3v) is 2.27. The van der Waals surface area contributed by atoms with Gasteiger partial charge in [-0.3, -0.25) is 9.78 Å².